The van der Waals surface area contributed by atoms with E-state index >= 15 is 0 Å². The van der Waals surface area contributed by atoms with Crippen LogP contribution >= 0.6 is 0 Å². The van der Waals surface area contributed by atoms with Gasteiger partial charge in [-0.3, -0.25) is 0 Å². The van der Waals surface area contributed by atoms with Crippen molar-refractivity contribution in [3.63, 3.8) is 0 Å². The van der Waals surface area contributed by atoms with Gasteiger partial charge in [0.1, 0.15) is 33.5 Å². The van der Waals surface area contributed by atoms with Gasteiger partial charge in [0.15, 0.2) is 0 Å². The fourth-order valence-electron chi connectivity index (χ4n) is 8.72. The lowest BCUT2D eigenvalue weighted by Crippen LogP contribution is -2.10. The van der Waals surface area contributed by atoms with Crippen LogP contribution in [-0.2, 0) is 0 Å². The third-order valence-corrected chi connectivity index (χ3v) is 11.3. The summed E-state index contributed by atoms with van der Waals surface area (Å²) in [7, 11) is 0. The van der Waals surface area contributed by atoms with E-state index in [4.69, 9.17) is 13.3 Å². The van der Waals surface area contributed by atoms with Gasteiger partial charge in [0.25, 0.3) is 0 Å². The average Bonchev–Trinajstić information content (AvgIpc) is 3.95. The highest BCUT2D eigenvalue weighted by Gasteiger charge is 2.22. The molecule has 262 valence electrons. The molecule has 3 aromatic heterocycles. The average molecular weight is 718 g/mol. The van der Waals surface area contributed by atoms with Crippen molar-refractivity contribution in [2.75, 3.05) is 4.90 Å². The van der Waals surface area contributed by atoms with Crippen LogP contribution in [0.4, 0.5) is 17.1 Å². The molecule has 0 fully saturated rings. The van der Waals surface area contributed by atoms with E-state index in [-0.39, 0.29) is 0 Å². The zero-order valence-electron chi connectivity index (χ0n) is 30.1. The minimum absolute atomic E-state index is 0.836. The quantitative estimate of drug-likeness (QED) is 0.178. The molecule has 0 aliphatic rings. The number of fused-ring (bicyclic) bond motifs is 10. The summed E-state index contributed by atoms with van der Waals surface area (Å²) in [4.78, 5) is 2.36. The Morgan fingerprint density at radius 3 is 1.73 bits per heavy atom. The zero-order chi connectivity index (χ0) is 36.7. The van der Waals surface area contributed by atoms with E-state index in [0.717, 1.165) is 105 Å². The molecule has 12 aromatic rings. The first-order valence-corrected chi connectivity index (χ1v) is 18.9. The summed E-state index contributed by atoms with van der Waals surface area (Å²) in [6.45, 7) is 0. The van der Waals surface area contributed by atoms with Crippen LogP contribution < -0.4 is 4.90 Å². The summed E-state index contributed by atoms with van der Waals surface area (Å²) in [5.41, 5.74) is 12.6. The second-order valence-electron chi connectivity index (χ2n) is 14.4. The van der Waals surface area contributed by atoms with E-state index in [0.29, 0.717) is 0 Å². The summed E-state index contributed by atoms with van der Waals surface area (Å²) in [5, 5.41) is 8.86. The molecule has 3 heterocycles. The molecule has 0 N–H and O–H groups in total. The van der Waals surface area contributed by atoms with Crippen molar-refractivity contribution in [3.8, 4) is 22.3 Å². The van der Waals surface area contributed by atoms with Crippen LogP contribution in [0.2, 0.25) is 0 Å². The van der Waals surface area contributed by atoms with Gasteiger partial charge in [-0.05, 0) is 77.2 Å². The third-order valence-electron chi connectivity index (χ3n) is 11.3. The number of anilines is 3. The summed E-state index contributed by atoms with van der Waals surface area (Å²) in [5.74, 6) is 0. The molecule has 12 rings (SSSR count). The van der Waals surface area contributed by atoms with E-state index in [2.05, 4.69) is 181 Å². The Balaban J connectivity index is 1.03. The van der Waals surface area contributed by atoms with Crippen molar-refractivity contribution in [1.29, 1.82) is 0 Å². The van der Waals surface area contributed by atoms with Crippen LogP contribution in [0.1, 0.15) is 0 Å². The molecule has 0 spiro atoms. The van der Waals surface area contributed by atoms with E-state index in [9.17, 15) is 0 Å². The van der Waals surface area contributed by atoms with Gasteiger partial charge in [-0.15, -0.1) is 0 Å². The lowest BCUT2D eigenvalue weighted by atomic mass is 9.98. The number of benzene rings is 9. The van der Waals surface area contributed by atoms with E-state index in [1.807, 2.05) is 12.1 Å². The molecule has 4 heteroatoms. The summed E-state index contributed by atoms with van der Waals surface area (Å²) in [6.07, 6.45) is 0. The van der Waals surface area contributed by atoms with E-state index in [1.54, 1.807) is 0 Å². The highest BCUT2D eigenvalue weighted by atomic mass is 16.3. The molecule has 0 aliphatic heterocycles. The Labute approximate surface area is 321 Å². The van der Waals surface area contributed by atoms with Gasteiger partial charge in [0, 0.05) is 49.1 Å². The minimum atomic E-state index is 0.836. The van der Waals surface area contributed by atoms with Gasteiger partial charge in [0.2, 0.25) is 0 Å². The molecule has 0 aliphatic carbocycles. The maximum absolute atomic E-state index is 6.81. The number of nitrogens with zero attached hydrogens (tertiary/aromatic N) is 1. The van der Waals surface area contributed by atoms with Crippen LogP contribution in [0.25, 0.3) is 98.8 Å². The Bertz CT molecular complexity index is 3490. The number of hydrogen-bond acceptors (Lipinski definition) is 4. The number of hydrogen-bond donors (Lipinski definition) is 0. The normalized spacial score (nSPS) is 11.9. The van der Waals surface area contributed by atoms with Crippen LogP contribution in [-0.4, -0.2) is 0 Å². The van der Waals surface area contributed by atoms with Crippen LogP contribution in [0.3, 0.4) is 0 Å². The minimum Gasteiger partial charge on any atom is -0.456 e. The van der Waals surface area contributed by atoms with Gasteiger partial charge in [-0.1, -0.05) is 127 Å². The topological polar surface area (TPSA) is 42.7 Å². The van der Waals surface area contributed by atoms with Crippen molar-refractivity contribution in [1.82, 2.24) is 0 Å². The SMILES string of the molecule is c1ccc(N(c2cccc3ccccc23)c2cccc3oc4ccc(-c5cccc6c5oc5cc(-c7cccc8c7oc7ccccc78)ccc56)cc4c23)cc1. The molecule has 0 saturated heterocycles. The summed E-state index contributed by atoms with van der Waals surface area (Å²) >= 11 is 0. The third kappa shape index (κ3) is 4.60. The largest absolute Gasteiger partial charge is 0.456 e. The van der Waals surface area contributed by atoms with Crippen LogP contribution in [0.15, 0.2) is 201 Å². The summed E-state index contributed by atoms with van der Waals surface area (Å²) in [6, 6.07) is 65.9. The maximum Gasteiger partial charge on any atom is 0.143 e. The Kier molecular flexibility index (Phi) is 6.60. The molecule has 0 unspecified atom stereocenters. The zero-order valence-corrected chi connectivity index (χ0v) is 30.1. The predicted octanol–water partition coefficient (Wildman–Crippen LogP) is 15.3. The Hall–Kier alpha value is -7.56. The lowest BCUT2D eigenvalue weighted by molar-refractivity contribution is 0.667. The van der Waals surface area contributed by atoms with Gasteiger partial charge >= 0.3 is 0 Å². The van der Waals surface area contributed by atoms with Crippen molar-refractivity contribution in [3.05, 3.63) is 188 Å². The molecule has 0 radical (unpaired) electrons. The fourth-order valence-corrected chi connectivity index (χ4v) is 8.72. The number of para-hydroxylation sites is 4. The van der Waals surface area contributed by atoms with Crippen molar-refractivity contribution in [2.45, 2.75) is 0 Å². The maximum atomic E-state index is 6.81. The predicted molar refractivity (Wildman–Crippen MR) is 231 cm³/mol. The number of rotatable bonds is 5. The summed E-state index contributed by atoms with van der Waals surface area (Å²) < 4.78 is 19.8. The first-order chi connectivity index (χ1) is 27.8. The Morgan fingerprint density at radius 2 is 0.893 bits per heavy atom. The first-order valence-electron chi connectivity index (χ1n) is 18.9. The number of furan rings is 3. The standard InChI is InChI=1S/C52H31NO3/c1-2-14-35(15-3-1)53(44-22-8-13-32-12-4-5-16-36(32)44)45-23-11-25-48-50(45)43-30-33(27-29-47(43)54-48)37-18-9-21-42-40-28-26-34(31-49(40)56-52(37)42)38-19-10-20-41-39-17-6-7-24-46(39)55-51(38)41/h1-31H. The highest BCUT2D eigenvalue weighted by molar-refractivity contribution is 6.17. The molecule has 0 atom stereocenters. The van der Waals surface area contributed by atoms with Crippen molar-refractivity contribution in [2.24, 2.45) is 0 Å². The molecule has 4 nitrogen and oxygen atoms in total. The van der Waals surface area contributed by atoms with Crippen LogP contribution in [0, 0.1) is 0 Å². The first kappa shape index (κ1) is 30.9. The molecular formula is C52H31NO3. The van der Waals surface area contributed by atoms with Gasteiger partial charge in [0.05, 0.1) is 16.8 Å². The molecule has 0 bridgehead atoms. The second-order valence-corrected chi connectivity index (χ2v) is 14.4. The monoisotopic (exact) mass is 717 g/mol. The molecule has 56 heavy (non-hydrogen) atoms. The smallest absolute Gasteiger partial charge is 0.143 e. The Morgan fingerprint density at radius 1 is 0.321 bits per heavy atom. The molecule has 0 amide bonds. The van der Waals surface area contributed by atoms with Crippen molar-refractivity contribution >= 4 is 93.7 Å². The molecule has 9 aromatic carbocycles. The lowest BCUT2D eigenvalue weighted by Gasteiger charge is -2.27. The molecule has 0 saturated carbocycles. The second kappa shape index (κ2) is 12.0. The van der Waals surface area contributed by atoms with E-state index in [1.165, 1.54) is 10.8 Å². The highest BCUT2D eigenvalue weighted by Crippen LogP contribution is 2.46. The van der Waals surface area contributed by atoms with Gasteiger partial charge < -0.3 is 18.2 Å². The van der Waals surface area contributed by atoms with Gasteiger partial charge in [-0.25, -0.2) is 0 Å². The van der Waals surface area contributed by atoms with E-state index < -0.39 is 0 Å². The molecular weight excluding hydrogens is 687 g/mol. The van der Waals surface area contributed by atoms with Crippen LogP contribution in [0.5, 0.6) is 0 Å². The van der Waals surface area contributed by atoms with Crippen molar-refractivity contribution < 1.29 is 13.3 Å². The fraction of sp³-hybridized carbons (Fsp3) is 0. The van der Waals surface area contributed by atoms with Gasteiger partial charge in [-0.2, -0.15) is 0 Å².